The van der Waals surface area contributed by atoms with Gasteiger partial charge in [-0.2, -0.15) is 5.10 Å². The van der Waals surface area contributed by atoms with Crippen molar-refractivity contribution in [1.29, 1.82) is 0 Å². The van der Waals surface area contributed by atoms with Crippen molar-refractivity contribution in [1.82, 2.24) is 24.6 Å². The molecule has 7 nitrogen and oxygen atoms in total. The molecule has 3 aromatic carbocycles. The van der Waals surface area contributed by atoms with Gasteiger partial charge in [-0.1, -0.05) is 72.8 Å². The molecule has 1 amide bonds. The number of para-hydroxylation sites is 1. The van der Waals surface area contributed by atoms with E-state index in [1.165, 1.54) is 0 Å². The molecule has 0 fully saturated rings. The van der Waals surface area contributed by atoms with Gasteiger partial charge in [0.2, 0.25) is 0 Å². The van der Waals surface area contributed by atoms with Crippen LogP contribution in [0.2, 0.25) is 0 Å². The molecule has 2 aromatic heterocycles. The largest absolute Gasteiger partial charge is 0.327 e. The van der Waals surface area contributed by atoms with E-state index in [0.717, 1.165) is 11.1 Å². The maximum Gasteiger partial charge on any atom is 0.258 e. The standard InChI is InChI=1S/C27H23N5O2/c33-26-23-13-7-8-14-24(23)29-25(30-26)19-31(16-20-9-3-1-4-10-20)27(34)22-15-28-32(18-22)17-21-11-5-2-6-12-21/h1-15,18H,16-17,19H2,(H,29,30,33). The van der Waals surface area contributed by atoms with Gasteiger partial charge in [-0.3, -0.25) is 14.3 Å². The smallest absolute Gasteiger partial charge is 0.258 e. The van der Waals surface area contributed by atoms with Gasteiger partial charge in [0, 0.05) is 12.7 Å². The molecule has 0 atom stereocenters. The van der Waals surface area contributed by atoms with Crippen molar-refractivity contribution in [3.8, 4) is 0 Å². The molecule has 0 radical (unpaired) electrons. The number of aromatic amines is 1. The second-order valence-corrected chi connectivity index (χ2v) is 8.09. The fraction of sp³-hybridized carbons (Fsp3) is 0.111. The quantitative estimate of drug-likeness (QED) is 0.407. The Kier molecular flexibility index (Phi) is 5.99. The molecule has 0 aliphatic carbocycles. The summed E-state index contributed by atoms with van der Waals surface area (Å²) >= 11 is 0. The van der Waals surface area contributed by atoms with Crippen molar-refractivity contribution >= 4 is 16.8 Å². The maximum absolute atomic E-state index is 13.5. The minimum Gasteiger partial charge on any atom is -0.327 e. The van der Waals surface area contributed by atoms with Crippen LogP contribution in [0.5, 0.6) is 0 Å². The number of hydrogen-bond donors (Lipinski definition) is 1. The average Bonchev–Trinajstić information content (AvgIpc) is 3.33. The summed E-state index contributed by atoms with van der Waals surface area (Å²) in [6, 6.07) is 26.9. The van der Waals surface area contributed by atoms with Gasteiger partial charge in [0.15, 0.2) is 0 Å². The molecule has 168 valence electrons. The van der Waals surface area contributed by atoms with Crippen LogP contribution in [0.3, 0.4) is 0 Å². The first-order valence-electron chi connectivity index (χ1n) is 11.0. The molecule has 0 aliphatic heterocycles. The highest BCUT2D eigenvalue weighted by Gasteiger charge is 2.20. The first-order valence-corrected chi connectivity index (χ1v) is 11.0. The van der Waals surface area contributed by atoms with E-state index in [-0.39, 0.29) is 18.0 Å². The molecule has 34 heavy (non-hydrogen) atoms. The van der Waals surface area contributed by atoms with Crippen molar-refractivity contribution < 1.29 is 4.79 Å². The lowest BCUT2D eigenvalue weighted by atomic mass is 10.2. The molecule has 5 aromatic rings. The highest BCUT2D eigenvalue weighted by Crippen LogP contribution is 2.14. The van der Waals surface area contributed by atoms with Crippen molar-refractivity contribution in [2.45, 2.75) is 19.6 Å². The summed E-state index contributed by atoms with van der Waals surface area (Å²) in [7, 11) is 0. The Balaban J connectivity index is 1.43. The molecule has 7 heteroatoms. The van der Waals surface area contributed by atoms with Crippen LogP contribution in [0, 0.1) is 0 Å². The predicted molar refractivity (Wildman–Crippen MR) is 130 cm³/mol. The monoisotopic (exact) mass is 449 g/mol. The van der Waals surface area contributed by atoms with Crippen LogP contribution in [0.4, 0.5) is 0 Å². The number of carbonyl (C=O) groups is 1. The second kappa shape index (κ2) is 9.54. The van der Waals surface area contributed by atoms with E-state index in [4.69, 9.17) is 0 Å². The van der Waals surface area contributed by atoms with Crippen LogP contribution in [-0.4, -0.2) is 30.6 Å². The molecule has 5 rings (SSSR count). The van der Waals surface area contributed by atoms with Crippen LogP contribution < -0.4 is 5.56 Å². The van der Waals surface area contributed by atoms with Crippen LogP contribution in [0.15, 0.2) is 102 Å². The lowest BCUT2D eigenvalue weighted by molar-refractivity contribution is 0.0725. The molecule has 0 bridgehead atoms. The number of nitrogens with one attached hydrogen (secondary N) is 1. The van der Waals surface area contributed by atoms with Gasteiger partial charge >= 0.3 is 0 Å². The van der Waals surface area contributed by atoms with Crippen molar-refractivity contribution in [2.75, 3.05) is 0 Å². The fourth-order valence-corrected chi connectivity index (χ4v) is 3.91. The first kappa shape index (κ1) is 21.3. The lowest BCUT2D eigenvalue weighted by Gasteiger charge is -2.22. The minimum absolute atomic E-state index is 0.164. The molecular weight excluding hydrogens is 426 g/mol. The summed E-state index contributed by atoms with van der Waals surface area (Å²) < 4.78 is 1.75. The number of rotatable bonds is 7. The summed E-state index contributed by atoms with van der Waals surface area (Å²) in [5.74, 6) is 0.253. The van der Waals surface area contributed by atoms with E-state index in [1.54, 1.807) is 40.2 Å². The molecule has 1 N–H and O–H groups in total. The summed E-state index contributed by atoms with van der Waals surface area (Å²) in [6.07, 6.45) is 3.34. The van der Waals surface area contributed by atoms with E-state index in [9.17, 15) is 9.59 Å². The van der Waals surface area contributed by atoms with Gasteiger partial charge in [-0.05, 0) is 23.3 Å². The first-order chi connectivity index (χ1) is 16.7. The summed E-state index contributed by atoms with van der Waals surface area (Å²) in [5.41, 5.74) is 2.95. The number of H-pyrrole nitrogens is 1. The molecule has 0 unspecified atom stereocenters. The molecule has 0 spiro atoms. The van der Waals surface area contributed by atoms with Crippen LogP contribution in [-0.2, 0) is 19.6 Å². The third kappa shape index (κ3) is 4.78. The normalized spacial score (nSPS) is 10.9. The Morgan fingerprint density at radius 1 is 0.853 bits per heavy atom. The minimum atomic E-state index is -0.219. The third-order valence-corrected chi connectivity index (χ3v) is 5.57. The second-order valence-electron chi connectivity index (χ2n) is 8.09. The molecular formula is C27H23N5O2. The topological polar surface area (TPSA) is 83.9 Å². The predicted octanol–water partition coefficient (Wildman–Crippen LogP) is 4.01. The van der Waals surface area contributed by atoms with Gasteiger partial charge in [0.1, 0.15) is 5.82 Å². The highest BCUT2D eigenvalue weighted by molar-refractivity contribution is 5.93. The zero-order valence-corrected chi connectivity index (χ0v) is 18.5. The van der Waals surface area contributed by atoms with E-state index in [0.29, 0.717) is 35.4 Å². The number of aromatic nitrogens is 4. The number of hydrogen-bond acceptors (Lipinski definition) is 4. The van der Waals surface area contributed by atoms with Crippen LogP contribution in [0.25, 0.3) is 10.9 Å². The Morgan fingerprint density at radius 2 is 1.53 bits per heavy atom. The van der Waals surface area contributed by atoms with Crippen molar-refractivity contribution in [3.05, 3.63) is 130 Å². The zero-order valence-electron chi connectivity index (χ0n) is 18.5. The van der Waals surface area contributed by atoms with E-state index in [1.807, 2.05) is 66.7 Å². The van der Waals surface area contributed by atoms with Crippen molar-refractivity contribution in [2.24, 2.45) is 0 Å². The Hall–Kier alpha value is -4.52. The number of fused-ring (bicyclic) bond motifs is 1. The van der Waals surface area contributed by atoms with Crippen molar-refractivity contribution in [3.63, 3.8) is 0 Å². The molecule has 2 heterocycles. The number of carbonyl (C=O) groups excluding carboxylic acids is 1. The molecule has 0 aliphatic rings. The fourth-order valence-electron chi connectivity index (χ4n) is 3.91. The summed E-state index contributed by atoms with van der Waals surface area (Å²) in [4.78, 5) is 35.2. The SMILES string of the molecule is O=C(c1cnn(Cc2ccccc2)c1)N(Cc1ccccc1)Cc1nc2ccccc2c(=O)[nH]1. The maximum atomic E-state index is 13.5. The van der Waals surface area contributed by atoms with Gasteiger partial charge in [0.25, 0.3) is 11.5 Å². The van der Waals surface area contributed by atoms with Gasteiger partial charge < -0.3 is 9.88 Å². The molecule has 0 saturated heterocycles. The van der Waals surface area contributed by atoms with Gasteiger partial charge in [0.05, 0.1) is 35.8 Å². The van der Waals surface area contributed by atoms with E-state index in [2.05, 4.69) is 15.1 Å². The van der Waals surface area contributed by atoms with Gasteiger partial charge in [-0.25, -0.2) is 4.98 Å². The number of benzene rings is 3. The van der Waals surface area contributed by atoms with Gasteiger partial charge in [-0.15, -0.1) is 0 Å². The number of nitrogens with zero attached hydrogens (tertiary/aromatic N) is 4. The highest BCUT2D eigenvalue weighted by atomic mass is 16.2. The third-order valence-electron chi connectivity index (χ3n) is 5.57. The summed E-state index contributed by atoms with van der Waals surface area (Å²) in [6.45, 7) is 1.12. The Morgan fingerprint density at radius 3 is 2.29 bits per heavy atom. The number of amides is 1. The lowest BCUT2D eigenvalue weighted by Crippen LogP contribution is -2.31. The Bertz CT molecular complexity index is 1480. The summed E-state index contributed by atoms with van der Waals surface area (Å²) in [5, 5.41) is 4.90. The van der Waals surface area contributed by atoms with E-state index >= 15 is 0 Å². The average molecular weight is 450 g/mol. The van der Waals surface area contributed by atoms with Crippen LogP contribution in [0.1, 0.15) is 27.3 Å². The Labute approximate surface area is 196 Å². The molecule has 0 saturated carbocycles. The van der Waals surface area contributed by atoms with Crippen LogP contribution >= 0.6 is 0 Å². The van der Waals surface area contributed by atoms with E-state index < -0.39 is 0 Å². The zero-order chi connectivity index (χ0) is 23.3.